The number of pyridine rings is 1. The van der Waals surface area contributed by atoms with Gasteiger partial charge >= 0.3 is 0 Å². The van der Waals surface area contributed by atoms with Gasteiger partial charge in [-0.3, -0.25) is 9.78 Å². The fraction of sp³-hybridized carbons (Fsp3) is 0.538. The number of hydrogen-bond donors (Lipinski definition) is 1. The molecular weight excluding hydrogens is 200 g/mol. The van der Waals surface area contributed by atoms with E-state index in [2.05, 4.69) is 10.3 Å². The summed E-state index contributed by atoms with van der Waals surface area (Å²) < 4.78 is 0. The van der Waals surface area contributed by atoms with Gasteiger partial charge in [0.15, 0.2) is 5.78 Å². The van der Waals surface area contributed by atoms with Crippen LogP contribution in [0.25, 0.3) is 0 Å². The molecule has 2 saturated heterocycles. The Morgan fingerprint density at radius 3 is 2.69 bits per heavy atom. The van der Waals surface area contributed by atoms with Gasteiger partial charge in [-0.25, -0.2) is 0 Å². The highest BCUT2D eigenvalue weighted by Gasteiger charge is 2.36. The predicted molar refractivity (Wildman–Crippen MR) is 61.2 cm³/mol. The quantitative estimate of drug-likeness (QED) is 0.766. The molecule has 1 unspecified atom stereocenters. The van der Waals surface area contributed by atoms with Crippen LogP contribution in [0.3, 0.4) is 0 Å². The second kappa shape index (κ2) is 3.98. The molecule has 1 aromatic rings. The molecule has 0 saturated carbocycles. The first-order valence-corrected chi connectivity index (χ1v) is 6.03. The zero-order chi connectivity index (χ0) is 11.0. The molecule has 3 nitrogen and oxygen atoms in total. The van der Waals surface area contributed by atoms with Crippen LogP contribution in [-0.4, -0.2) is 22.9 Å². The number of carbonyl (C=O) groups is 1. The molecule has 2 fully saturated rings. The van der Waals surface area contributed by atoms with Crippen LogP contribution in [0.5, 0.6) is 0 Å². The van der Waals surface area contributed by atoms with Crippen molar-refractivity contribution < 1.29 is 4.79 Å². The summed E-state index contributed by atoms with van der Waals surface area (Å²) >= 11 is 0. The van der Waals surface area contributed by atoms with E-state index in [0.29, 0.717) is 12.1 Å². The third-order valence-electron chi connectivity index (χ3n) is 3.79. The minimum atomic E-state index is 0.211. The number of carbonyl (C=O) groups excluding carboxylic acids is 1. The first-order chi connectivity index (χ1) is 7.83. The van der Waals surface area contributed by atoms with E-state index in [0.717, 1.165) is 18.4 Å². The summed E-state index contributed by atoms with van der Waals surface area (Å²) in [5, 5.41) is 3.56. The monoisotopic (exact) mass is 216 g/mol. The number of nitrogens with one attached hydrogen (secondary N) is 1. The van der Waals surface area contributed by atoms with Crippen molar-refractivity contribution in [1.82, 2.24) is 10.3 Å². The fourth-order valence-electron chi connectivity index (χ4n) is 3.02. The average molecular weight is 216 g/mol. The van der Waals surface area contributed by atoms with Gasteiger partial charge in [0.2, 0.25) is 0 Å². The second-order valence-corrected chi connectivity index (χ2v) is 4.91. The summed E-state index contributed by atoms with van der Waals surface area (Å²) in [5.74, 6) is 0.495. The van der Waals surface area contributed by atoms with Crippen molar-refractivity contribution >= 4 is 5.78 Å². The molecule has 0 amide bonds. The van der Waals surface area contributed by atoms with Gasteiger partial charge in [0, 0.05) is 36.0 Å². The predicted octanol–water partition coefficient (Wildman–Crippen LogP) is 1.79. The zero-order valence-electron chi connectivity index (χ0n) is 9.23. The fourth-order valence-corrected chi connectivity index (χ4v) is 3.02. The van der Waals surface area contributed by atoms with Gasteiger partial charge < -0.3 is 5.32 Å². The first kappa shape index (κ1) is 9.97. The Morgan fingerprint density at radius 1 is 1.31 bits per heavy atom. The Bertz CT molecular complexity index is 378. The Balaban J connectivity index is 1.76. The van der Waals surface area contributed by atoms with Crippen molar-refractivity contribution in [1.29, 1.82) is 0 Å². The second-order valence-electron chi connectivity index (χ2n) is 4.91. The SMILES string of the molecule is O=C(c1cccnc1)C1C[C@H]2CC[C@@H](C1)N2. The van der Waals surface area contributed by atoms with Crippen LogP contribution in [0.15, 0.2) is 24.5 Å². The van der Waals surface area contributed by atoms with Crippen LogP contribution in [-0.2, 0) is 0 Å². The minimum absolute atomic E-state index is 0.211. The molecule has 0 radical (unpaired) electrons. The number of ketones is 1. The van der Waals surface area contributed by atoms with E-state index in [1.807, 2.05) is 12.1 Å². The summed E-state index contributed by atoms with van der Waals surface area (Å²) in [7, 11) is 0. The third-order valence-corrected chi connectivity index (χ3v) is 3.79. The molecule has 84 valence electrons. The molecule has 3 atom stereocenters. The minimum Gasteiger partial charge on any atom is -0.311 e. The molecule has 2 aliphatic heterocycles. The molecule has 0 aliphatic carbocycles. The maximum absolute atomic E-state index is 12.3. The highest BCUT2D eigenvalue weighted by molar-refractivity contribution is 5.97. The smallest absolute Gasteiger partial charge is 0.167 e. The summed E-state index contributed by atoms with van der Waals surface area (Å²) in [6, 6.07) is 4.86. The van der Waals surface area contributed by atoms with E-state index in [9.17, 15) is 4.79 Å². The van der Waals surface area contributed by atoms with Crippen molar-refractivity contribution in [3.63, 3.8) is 0 Å². The highest BCUT2D eigenvalue weighted by Crippen LogP contribution is 2.32. The van der Waals surface area contributed by atoms with Gasteiger partial charge in [0.05, 0.1) is 0 Å². The molecule has 0 aromatic carbocycles. The van der Waals surface area contributed by atoms with Crippen molar-refractivity contribution in [3.05, 3.63) is 30.1 Å². The standard InChI is InChI=1S/C13H16N2O/c16-13(9-2-1-5-14-8-9)10-6-11-3-4-12(7-10)15-11/h1-2,5,8,10-12,15H,3-4,6-7H2/t10?,11-,12+. The third kappa shape index (κ3) is 1.76. The molecule has 1 aromatic heterocycles. The van der Waals surface area contributed by atoms with Crippen molar-refractivity contribution in [3.8, 4) is 0 Å². The highest BCUT2D eigenvalue weighted by atomic mass is 16.1. The lowest BCUT2D eigenvalue weighted by Crippen LogP contribution is -2.40. The lowest BCUT2D eigenvalue weighted by molar-refractivity contribution is 0.0875. The van der Waals surface area contributed by atoms with Crippen LogP contribution in [0.4, 0.5) is 0 Å². The van der Waals surface area contributed by atoms with Gasteiger partial charge in [-0.05, 0) is 37.8 Å². The van der Waals surface area contributed by atoms with Crippen molar-refractivity contribution in [2.75, 3.05) is 0 Å². The lowest BCUT2D eigenvalue weighted by Gasteiger charge is -2.27. The molecule has 0 spiro atoms. The molecule has 3 heteroatoms. The van der Waals surface area contributed by atoms with Crippen LogP contribution in [0, 0.1) is 5.92 Å². The van der Waals surface area contributed by atoms with Gasteiger partial charge in [-0.1, -0.05) is 0 Å². The Hall–Kier alpha value is -1.22. The van der Waals surface area contributed by atoms with Gasteiger partial charge in [-0.2, -0.15) is 0 Å². The number of hydrogen-bond acceptors (Lipinski definition) is 3. The van der Waals surface area contributed by atoms with E-state index in [-0.39, 0.29) is 11.7 Å². The number of nitrogens with zero attached hydrogens (tertiary/aromatic N) is 1. The van der Waals surface area contributed by atoms with Crippen molar-refractivity contribution in [2.45, 2.75) is 37.8 Å². The van der Waals surface area contributed by atoms with Crippen LogP contribution >= 0.6 is 0 Å². The van der Waals surface area contributed by atoms with E-state index >= 15 is 0 Å². The molecule has 16 heavy (non-hydrogen) atoms. The Labute approximate surface area is 95.3 Å². The van der Waals surface area contributed by atoms with Gasteiger partial charge in [-0.15, -0.1) is 0 Å². The molecule has 3 rings (SSSR count). The van der Waals surface area contributed by atoms with E-state index in [1.165, 1.54) is 12.8 Å². The Kier molecular flexibility index (Phi) is 2.48. The molecule has 1 N–H and O–H groups in total. The molecule has 3 heterocycles. The van der Waals surface area contributed by atoms with Gasteiger partial charge in [0.1, 0.15) is 0 Å². The number of Topliss-reactive ketones (excluding diaryl/α,β-unsaturated/α-hetero) is 1. The van der Waals surface area contributed by atoms with Crippen LogP contribution in [0.1, 0.15) is 36.0 Å². The number of piperidine rings is 1. The Morgan fingerprint density at radius 2 is 2.06 bits per heavy atom. The molecular formula is C13H16N2O. The largest absolute Gasteiger partial charge is 0.311 e. The zero-order valence-corrected chi connectivity index (χ0v) is 9.23. The summed E-state index contributed by atoms with van der Waals surface area (Å²) in [6.07, 6.45) is 7.88. The number of rotatable bonds is 2. The topological polar surface area (TPSA) is 42.0 Å². The van der Waals surface area contributed by atoms with Crippen molar-refractivity contribution in [2.24, 2.45) is 5.92 Å². The summed E-state index contributed by atoms with van der Waals surface area (Å²) in [5.41, 5.74) is 0.772. The number of aromatic nitrogens is 1. The lowest BCUT2D eigenvalue weighted by atomic mass is 9.86. The molecule has 2 bridgehead atoms. The summed E-state index contributed by atoms with van der Waals surface area (Å²) in [6.45, 7) is 0. The molecule has 2 aliphatic rings. The number of fused-ring (bicyclic) bond motifs is 2. The van der Waals surface area contributed by atoms with E-state index < -0.39 is 0 Å². The maximum atomic E-state index is 12.3. The van der Waals surface area contributed by atoms with E-state index in [4.69, 9.17) is 0 Å². The van der Waals surface area contributed by atoms with Crippen LogP contribution in [0.2, 0.25) is 0 Å². The normalized spacial score (nSPS) is 32.6. The average Bonchev–Trinajstić information content (AvgIpc) is 2.68. The van der Waals surface area contributed by atoms with Crippen LogP contribution < -0.4 is 5.32 Å². The maximum Gasteiger partial charge on any atom is 0.167 e. The van der Waals surface area contributed by atoms with E-state index in [1.54, 1.807) is 12.4 Å². The van der Waals surface area contributed by atoms with Gasteiger partial charge in [0.25, 0.3) is 0 Å². The first-order valence-electron chi connectivity index (χ1n) is 6.03. The summed E-state index contributed by atoms with van der Waals surface area (Å²) in [4.78, 5) is 16.3.